The number of para-hydroxylation sites is 1. The third-order valence-electron chi connectivity index (χ3n) is 3.18. The van der Waals surface area contributed by atoms with Crippen molar-refractivity contribution in [2.45, 2.75) is 6.18 Å². The highest BCUT2D eigenvalue weighted by Crippen LogP contribution is 2.34. The second-order valence-corrected chi connectivity index (χ2v) is 4.74. The van der Waals surface area contributed by atoms with Gasteiger partial charge in [-0.25, -0.2) is 9.97 Å². The van der Waals surface area contributed by atoms with Crippen LogP contribution in [0.2, 0.25) is 0 Å². The van der Waals surface area contributed by atoms with Crippen LogP contribution in [0.4, 0.5) is 18.9 Å². The van der Waals surface area contributed by atoms with E-state index in [2.05, 4.69) is 9.97 Å². The summed E-state index contributed by atoms with van der Waals surface area (Å²) in [4.78, 5) is 18.1. The molecule has 0 amide bonds. The quantitative estimate of drug-likeness (QED) is 0.525. The molecule has 1 aromatic heterocycles. The molecule has 0 unspecified atom stereocenters. The van der Waals surface area contributed by atoms with Crippen molar-refractivity contribution >= 4 is 16.6 Å². The standard InChI is InChI=1S/C15H8F3N3O3/c16-15(17,18)9-3-1-4-10(7-9)24-14-11-5-2-6-12(21(22)23)13(11)19-8-20-14/h1-8H. The molecule has 0 fully saturated rings. The van der Waals surface area contributed by atoms with Crippen molar-refractivity contribution in [1.82, 2.24) is 9.97 Å². The molecule has 3 rings (SSSR count). The molecule has 0 saturated heterocycles. The van der Waals surface area contributed by atoms with E-state index in [1.165, 1.54) is 30.3 Å². The number of nitrogens with zero attached hydrogens (tertiary/aromatic N) is 3. The molecule has 0 bridgehead atoms. The number of benzene rings is 2. The number of alkyl halides is 3. The SMILES string of the molecule is O=[N+]([O-])c1cccc2c(Oc3cccc(C(F)(F)F)c3)ncnc12. The lowest BCUT2D eigenvalue weighted by Crippen LogP contribution is -2.04. The van der Waals surface area contributed by atoms with Crippen molar-refractivity contribution in [1.29, 1.82) is 0 Å². The van der Waals surface area contributed by atoms with Crippen LogP contribution in [0.5, 0.6) is 11.6 Å². The minimum absolute atomic E-state index is 0.0412. The van der Waals surface area contributed by atoms with Gasteiger partial charge in [0.05, 0.1) is 15.9 Å². The third-order valence-corrected chi connectivity index (χ3v) is 3.18. The minimum Gasteiger partial charge on any atom is -0.438 e. The topological polar surface area (TPSA) is 78.2 Å². The summed E-state index contributed by atoms with van der Waals surface area (Å²) in [5.41, 5.74) is -1.08. The van der Waals surface area contributed by atoms with Crippen LogP contribution in [-0.4, -0.2) is 14.9 Å². The second kappa shape index (κ2) is 5.76. The van der Waals surface area contributed by atoms with Gasteiger partial charge in [-0.1, -0.05) is 12.1 Å². The van der Waals surface area contributed by atoms with Crippen LogP contribution < -0.4 is 4.74 Å². The summed E-state index contributed by atoms with van der Waals surface area (Å²) in [6.45, 7) is 0. The first kappa shape index (κ1) is 15.7. The Bertz CT molecular complexity index is 928. The molecule has 0 radical (unpaired) electrons. The van der Waals surface area contributed by atoms with Gasteiger partial charge >= 0.3 is 6.18 Å². The van der Waals surface area contributed by atoms with Crippen LogP contribution in [0.25, 0.3) is 10.9 Å². The lowest BCUT2D eigenvalue weighted by Gasteiger charge is -2.10. The molecule has 9 heteroatoms. The summed E-state index contributed by atoms with van der Waals surface area (Å²) in [6.07, 6.45) is -3.45. The lowest BCUT2D eigenvalue weighted by molar-refractivity contribution is -0.383. The largest absolute Gasteiger partial charge is 0.438 e. The maximum absolute atomic E-state index is 12.7. The van der Waals surface area contributed by atoms with Crippen molar-refractivity contribution in [3.63, 3.8) is 0 Å². The Morgan fingerprint density at radius 3 is 2.54 bits per heavy atom. The Hall–Kier alpha value is -3.23. The molecule has 3 aromatic rings. The summed E-state index contributed by atoms with van der Waals surface area (Å²) in [5, 5.41) is 11.2. The van der Waals surface area contributed by atoms with E-state index >= 15 is 0 Å². The van der Waals surface area contributed by atoms with E-state index in [9.17, 15) is 23.3 Å². The van der Waals surface area contributed by atoms with Crippen LogP contribution in [0.1, 0.15) is 5.56 Å². The molecule has 0 N–H and O–H groups in total. The number of hydrogen-bond donors (Lipinski definition) is 0. The molecule has 0 atom stereocenters. The number of fused-ring (bicyclic) bond motifs is 1. The van der Waals surface area contributed by atoms with E-state index in [0.29, 0.717) is 0 Å². The Morgan fingerprint density at radius 1 is 1.08 bits per heavy atom. The number of halogens is 3. The van der Waals surface area contributed by atoms with Crippen molar-refractivity contribution in [3.05, 3.63) is 64.5 Å². The number of nitro groups is 1. The van der Waals surface area contributed by atoms with Gasteiger partial charge in [0.25, 0.3) is 5.69 Å². The van der Waals surface area contributed by atoms with Crippen LogP contribution in [0.15, 0.2) is 48.8 Å². The molecular formula is C15H8F3N3O3. The Kier molecular flexibility index (Phi) is 3.76. The van der Waals surface area contributed by atoms with Crippen molar-refractivity contribution in [2.24, 2.45) is 0 Å². The summed E-state index contributed by atoms with van der Waals surface area (Å²) in [7, 11) is 0. The van der Waals surface area contributed by atoms with Gasteiger partial charge in [0, 0.05) is 6.07 Å². The molecule has 0 aliphatic carbocycles. The number of rotatable bonds is 3. The van der Waals surface area contributed by atoms with Gasteiger partial charge in [0.15, 0.2) is 5.52 Å². The fourth-order valence-corrected chi connectivity index (χ4v) is 2.12. The summed E-state index contributed by atoms with van der Waals surface area (Å²) in [5.74, 6) is -0.153. The van der Waals surface area contributed by atoms with E-state index < -0.39 is 16.7 Å². The van der Waals surface area contributed by atoms with Gasteiger partial charge in [0.1, 0.15) is 12.1 Å². The number of hydrogen-bond acceptors (Lipinski definition) is 5. The summed E-state index contributed by atoms with van der Waals surface area (Å²) in [6, 6.07) is 8.45. The Labute approximate surface area is 132 Å². The van der Waals surface area contributed by atoms with Crippen molar-refractivity contribution in [3.8, 4) is 11.6 Å². The minimum atomic E-state index is -4.51. The first-order valence-electron chi connectivity index (χ1n) is 6.59. The predicted octanol–water partition coefficient (Wildman–Crippen LogP) is 4.35. The Morgan fingerprint density at radius 2 is 1.83 bits per heavy atom. The van der Waals surface area contributed by atoms with E-state index in [1.807, 2.05) is 0 Å². The lowest BCUT2D eigenvalue weighted by atomic mass is 10.2. The van der Waals surface area contributed by atoms with Crippen molar-refractivity contribution < 1.29 is 22.8 Å². The van der Waals surface area contributed by atoms with Gasteiger partial charge in [-0.2, -0.15) is 13.2 Å². The molecule has 2 aromatic carbocycles. The number of ether oxygens (including phenoxy) is 1. The van der Waals surface area contributed by atoms with Gasteiger partial charge in [-0.05, 0) is 24.3 Å². The normalized spacial score (nSPS) is 11.5. The molecule has 6 nitrogen and oxygen atoms in total. The molecule has 0 saturated carbocycles. The van der Waals surface area contributed by atoms with Crippen LogP contribution in [0, 0.1) is 10.1 Å². The highest BCUT2D eigenvalue weighted by Gasteiger charge is 2.30. The fraction of sp³-hybridized carbons (Fsp3) is 0.0667. The molecule has 0 aliphatic heterocycles. The zero-order valence-electron chi connectivity index (χ0n) is 11.8. The third kappa shape index (κ3) is 2.96. The maximum atomic E-state index is 12.7. The predicted molar refractivity (Wildman–Crippen MR) is 77.7 cm³/mol. The smallest absolute Gasteiger partial charge is 0.416 e. The van der Waals surface area contributed by atoms with Crippen LogP contribution in [-0.2, 0) is 6.18 Å². The maximum Gasteiger partial charge on any atom is 0.416 e. The van der Waals surface area contributed by atoms with Crippen molar-refractivity contribution in [2.75, 3.05) is 0 Å². The highest BCUT2D eigenvalue weighted by molar-refractivity contribution is 5.90. The molecule has 0 spiro atoms. The number of non-ortho nitro benzene ring substituents is 1. The van der Waals surface area contributed by atoms with Gasteiger partial charge < -0.3 is 4.74 Å². The summed E-state index contributed by atoms with van der Waals surface area (Å²) < 4.78 is 43.6. The molecular weight excluding hydrogens is 327 g/mol. The number of nitro benzene ring substituents is 1. The van der Waals surface area contributed by atoms with E-state index in [1.54, 1.807) is 0 Å². The van der Waals surface area contributed by atoms with E-state index in [0.717, 1.165) is 18.5 Å². The monoisotopic (exact) mass is 335 g/mol. The van der Waals surface area contributed by atoms with Crippen LogP contribution >= 0.6 is 0 Å². The first-order valence-corrected chi connectivity index (χ1v) is 6.59. The number of aromatic nitrogens is 2. The summed E-state index contributed by atoms with van der Waals surface area (Å²) >= 11 is 0. The zero-order valence-corrected chi connectivity index (χ0v) is 11.8. The van der Waals surface area contributed by atoms with Gasteiger partial charge in [0.2, 0.25) is 5.88 Å². The molecule has 24 heavy (non-hydrogen) atoms. The zero-order chi connectivity index (χ0) is 17.3. The van der Waals surface area contributed by atoms with Gasteiger partial charge in [-0.3, -0.25) is 10.1 Å². The highest BCUT2D eigenvalue weighted by atomic mass is 19.4. The second-order valence-electron chi connectivity index (χ2n) is 4.74. The fourth-order valence-electron chi connectivity index (χ4n) is 2.12. The van der Waals surface area contributed by atoms with Crippen LogP contribution in [0.3, 0.4) is 0 Å². The first-order chi connectivity index (χ1) is 11.4. The molecule has 0 aliphatic rings. The Balaban J connectivity index is 2.06. The van der Waals surface area contributed by atoms with E-state index in [-0.39, 0.29) is 28.2 Å². The van der Waals surface area contributed by atoms with Gasteiger partial charge in [-0.15, -0.1) is 0 Å². The average Bonchev–Trinajstić information content (AvgIpc) is 2.54. The van der Waals surface area contributed by atoms with E-state index in [4.69, 9.17) is 4.74 Å². The average molecular weight is 335 g/mol. The molecule has 1 heterocycles. The molecule has 122 valence electrons.